The van der Waals surface area contributed by atoms with Crippen LogP contribution in [0.1, 0.15) is 42.7 Å². The molecule has 0 bridgehead atoms. The van der Waals surface area contributed by atoms with Gasteiger partial charge >= 0.3 is 0 Å². The molecule has 0 aromatic heterocycles. The fourth-order valence-corrected chi connectivity index (χ4v) is 3.41. The number of carbonyl (C=O) groups excluding carboxylic acids is 1. The smallest absolute Gasteiger partial charge is 0.248 e. The van der Waals surface area contributed by atoms with E-state index in [1.807, 2.05) is 6.08 Å². The molecule has 1 aliphatic carbocycles. The first-order valence-electron chi connectivity index (χ1n) is 8.79. The van der Waals surface area contributed by atoms with E-state index in [4.69, 9.17) is 5.26 Å². The number of hydrogen-bond acceptors (Lipinski definition) is 2. The van der Waals surface area contributed by atoms with Gasteiger partial charge in [-0.2, -0.15) is 5.26 Å². The summed E-state index contributed by atoms with van der Waals surface area (Å²) in [6.07, 6.45) is 8.29. The van der Waals surface area contributed by atoms with Gasteiger partial charge in [-0.15, -0.1) is 0 Å². The molecule has 126 valence electrons. The summed E-state index contributed by atoms with van der Waals surface area (Å²) in [6, 6.07) is 19.7. The SMILES string of the molecule is N#Cc1ccc(NC(=O)C=CC2CCC(c3ccccc3)CC2)cc1. The van der Waals surface area contributed by atoms with Gasteiger partial charge in [0.15, 0.2) is 0 Å². The number of benzene rings is 2. The molecule has 1 N–H and O–H groups in total. The monoisotopic (exact) mass is 330 g/mol. The summed E-state index contributed by atoms with van der Waals surface area (Å²) in [7, 11) is 0. The molecule has 3 heteroatoms. The van der Waals surface area contributed by atoms with Crippen LogP contribution in [0.2, 0.25) is 0 Å². The predicted molar refractivity (Wildman–Crippen MR) is 100 cm³/mol. The maximum Gasteiger partial charge on any atom is 0.248 e. The van der Waals surface area contributed by atoms with E-state index in [0.717, 1.165) is 12.8 Å². The van der Waals surface area contributed by atoms with E-state index in [-0.39, 0.29) is 5.91 Å². The van der Waals surface area contributed by atoms with E-state index >= 15 is 0 Å². The molecule has 0 unspecified atom stereocenters. The maximum atomic E-state index is 12.0. The van der Waals surface area contributed by atoms with E-state index in [1.54, 1.807) is 30.3 Å². The molecule has 1 fully saturated rings. The molecule has 3 nitrogen and oxygen atoms in total. The third-order valence-electron chi connectivity index (χ3n) is 4.84. The van der Waals surface area contributed by atoms with Crippen molar-refractivity contribution in [2.24, 2.45) is 5.92 Å². The van der Waals surface area contributed by atoms with Gasteiger partial charge in [-0.25, -0.2) is 0 Å². The Morgan fingerprint density at radius 3 is 2.32 bits per heavy atom. The number of allylic oxidation sites excluding steroid dienone is 1. The van der Waals surface area contributed by atoms with Crippen LogP contribution in [0.5, 0.6) is 0 Å². The molecule has 0 aliphatic heterocycles. The summed E-state index contributed by atoms with van der Waals surface area (Å²) in [5.41, 5.74) is 2.73. The van der Waals surface area contributed by atoms with Gasteiger partial charge in [0.25, 0.3) is 0 Å². The number of carbonyl (C=O) groups is 1. The predicted octanol–water partition coefficient (Wildman–Crippen LogP) is 5.03. The van der Waals surface area contributed by atoms with Gasteiger partial charge < -0.3 is 5.32 Å². The standard InChI is InChI=1S/C22H22N2O/c23-16-18-8-13-21(14-9-18)24-22(25)15-10-17-6-11-20(12-7-17)19-4-2-1-3-5-19/h1-5,8-10,13-15,17,20H,6-7,11-12H2,(H,24,25). The molecule has 0 radical (unpaired) electrons. The van der Waals surface area contributed by atoms with Crippen LogP contribution in [0.4, 0.5) is 5.69 Å². The van der Waals surface area contributed by atoms with Crippen molar-refractivity contribution in [1.29, 1.82) is 5.26 Å². The van der Waals surface area contributed by atoms with Crippen LogP contribution in [0.25, 0.3) is 0 Å². The van der Waals surface area contributed by atoms with Gasteiger partial charge in [0, 0.05) is 5.69 Å². The second kappa shape index (κ2) is 8.30. The third-order valence-corrected chi connectivity index (χ3v) is 4.84. The molecule has 25 heavy (non-hydrogen) atoms. The van der Waals surface area contributed by atoms with Gasteiger partial charge in [0.2, 0.25) is 5.91 Å². The fourth-order valence-electron chi connectivity index (χ4n) is 3.41. The summed E-state index contributed by atoms with van der Waals surface area (Å²) in [5.74, 6) is 1.01. The lowest BCUT2D eigenvalue weighted by atomic mass is 9.78. The number of anilines is 1. The van der Waals surface area contributed by atoms with Crippen LogP contribution in [-0.2, 0) is 4.79 Å². The fraction of sp³-hybridized carbons (Fsp3) is 0.273. The van der Waals surface area contributed by atoms with Crippen LogP contribution in [-0.4, -0.2) is 5.91 Å². The molecule has 1 aliphatic rings. The van der Waals surface area contributed by atoms with Crippen molar-refractivity contribution in [1.82, 2.24) is 0 Å². The number of hydrogen-bond donors (Lipinski definition) is 1. The molecule has 0 spiro atoms. The number of amides is 1. The number of rotatable bonds is 4. The Morgan fingerprint density at radius 2 is 1.68 bits per heavy atom. The van der Waals surface area contributed by atoms with E-state index in [0.29, 0.717) is 23.1 Å². The lowest BCUT2D eigenvalue weighted by Gasteiger charge is -2.27. The first-order chi connectivity index (χ1) is 12.2. The molecule has 2 aromatic rings. The van der Waals surface area contributed by atoms with Gasteiger partial charge in [-0.3, -0.25) is 4.79 Å². The average Bonchev–Trinajstić information content (AvgIpc) is 2.68. The van der Waals surface area contributed by atoms with E-state index in [2.05, 4.69) is 41.7 Å². The topological polar surface area (TPSA) is 52.9 Å². The van der Waals surface area contributed by atoms with Crippen molar-refractivity contribution in [3.8, 4) is 6.07 Å². The minimum Gasteiger partial charge on any atom is -0.323 e. The molecule has 0 heterocycles. The Morgan fingerprint density at radius 1 is 1.00 bits per heavy atom. The molecule has 0 saturated heterocycles. The summed E-state index contributed by atoms with van der Waals surface area (Å²) >= 11 is 0. The third kappa shape index (κ3) is 4.81. The van der Waals surface area contributed by atoms with Gasteiger partial charge in [-0.05, 0) is 73.4 Å². The van der Waals surface area contributed by atoms with Crippen LogP contribution in [0, 0.1) is 17.2 Å². The van der Waals surface area contributed by atoms with Crippen molar-refractivity contribution >= 4 is 11.6 Å². The first-order valence-corrected chi connectivity index (χ1v) is 8.79. The highest BCUT2D eigenvalue weighted by Gasteiger charge is 2.20. The van der Waals surface area contributed by atoms with Gasteiger partial charge in [0.1, 0.15) is 0 Å². The highest BCUT2D eigenvalue weighted by molar-refractivity contribution is 5.99. The number of nitrogens with zero attached hydrogens (tertiary/aromatic N) is 1. The Balaban J connectivity index is 1.48. The maximum absolute atomic E-state index is 12.0. The highest BCUT2D eigenvalue weighted by Crippen LogP contribution is 2.36. The largest absolute Gasteiger partial charge is 0.323 e. The zero-order chi connectivity index (χ0) is 17.5. The number of nitriles is 1. The molecular weight excluding hydrogens is 308 g/mol. The minimum atomic E-state index is -0.116. The average molecular weight is 330 g/mol. The molecule has 1 amide bonds. The summed E-state index contributed by atoms with van der Waals surface area (Å²) in [5, 5.41) is 11.6. The van der Waals surface area contributed by atoms with Crippen LogP contribution >= 0.6 is 0 Å². The van der Waals surface area contributed by atoms with Gasteiger partial charge in [0.05, 0.1) is 11.6 Å². The summed E-state index contributed by atoms with van der Waals surface area (Å²) in [4.78, 5) is 12.0. The lowest BCUT2D eigenvalue weighted by molar-refractivity contribution is -0.111. The van der Waals surface area contributed by atoms with Crippen molar-refractivity contribution in [3.63, 3.8) is 0 Å². The normalized spacial score (nSPS) is 20.1. The zero-order valence-electron chi connectivity index (χ0n) is 14.2. The Hall–Kier alpha value is -2.86. The second-order valence-electron chi connectivity index (χ2n) is 6.56. The van der Waals surface area contributed by atoms with Crippen molar-refractivity contribution < 1.29 is 4.79 Å². The number of nitrogens with one attached hydrogen (secondary N) is 1. The van der Waals surface area contributed by atoms with Crippen LogP contribution in [0.3, 0.4) is 0 Å². The molecule has 1 saturated carbocycles. The van der Waals surface area contributed by atoms with E-state index in [9.17, 15) is 4.79 Å². The summed E-state index contributed by atoms with van der Waals surface area (Å²) < 4.78 is 0. The molecule has 0 atom stereocenters. The van der Waals surface area contributed by atoms with Crippen LogP contribution in [0.15, 0.2) is 66.7 Å². The minimum absolute atomic E-state index is 0.116. The molecule has 3 rings (SSSR count). The Bertz CT molecular complexity index is 764. The lowest BCUT2D eigenvalue weighted by Crippen LogP contribution is -2.13. The van der Waals surface area contributed by atoms with Crippen molar-refractivity contribution in [2.45, 2.75) is 31.6 Å². The van der Waals surface area contributed by atoms with Crippen LogP contribution < -0.4 is 5.32 Å². The highest BCUT2D eigenvalue weighted by atomic mass is 16.1. The Kier molecular flexibility index (Phi) is 5.64. The van der Waals surface area contributed by atoms with E-state index in [1.165, 1.54) is 18.4 Å². The van der Waals surface area contributed by atoms with Crippen molar-refractivity contribution in [2.75, 3.05) is 5.32 Å². The quantitative estimate of drug-likeness (QED) is 0.800. The van der Waals surface area contributed by atoms with E-state index < -0.39 is 0 Å². The first kappa shape index (κ1) is 17.0. The molecule has 2 aromatic carbocycles. The van der Waals surface area contributed by atoms with Crippen molar-refractivity contribution in [3.05, 3.63) is 77.9 Å². The second-order valence-corrected chi connectivity index (χ2v) is 6.56. The Labute approximate surface area is 149 Å². The molecular formula is C22H22N2O. The zero-order valence-corrected chi connectivity index (χ0v) is 14.2. The summed E-state index contributed by atoms with van der Waals surface area (Å²) in [6.45, 7) is 0. The van der Waals surface area contributed by atoms with Gasteiger partial charge in [-0.1, -0.05) is 36.4 Å².